The number of anilines is 2. The minimum Gasteiger partial charge on any atom is -0.494 e. The van der Waals surface area contributed by atoms with Gasteiger partial charge in [0.05, 0.1) is 32.9 Å². The SMILES string of the molecule is CCOc1ccc(-c2noc(CN(C)CC(=O)Nc3ccc(N4CCOCC4)cc3)n2)cc1. The number of morpholine rings is 1. The van der Waals surface area contributed by atoms with Crippen LogP contribution < -0.4 is 15.0 Å². The molecular formula is C24H29N5O4. The first kappa shape index (κ1) is 22.8. The number of benzene rings is 2. The van der Waals surface area contributed by atoms with Gasteiger partial charge in [0.2, 0.25) is 17.6 Å². The van der Waals surface area contributed by atoms with Crippen molar-refractivity contribution in [3.05, 3.63) is 54.4 Å². The summed E-state index contributed by atoms with van der Waals surface area (Å²) in [5.74, 6) is 1.64. The number of carbonyl (C=O) groups is 1. The molecule has 33 heavy (non-hydrogen) atoms. The van der Waals surface area contributed by atoms with E-state index in [4.69, 9.17) is 14.0 Å². The second-order valence-corrected chi connectivity index (χ2v) is 7.84. The van der Waals surface area contributed by atoms with E-state index in [1.807, 2.05) is 67.4 Å². The zero-order chi connectivity index (χ0) is 23.0. The fourth-order valence-corrected chi connectivity index (χ4v) is 3.61. The molecule has 3 aromatic rings. The normalized spacial score (nSPS) is 13.8. The second-order valence-electron chi connectivity index (χ2n) is 7.84. The number of ether oxygens (including phenoxy) is 2. The lowest BCUT2D eigenvalue weighted by Crippen LogP contribution is -2.36. The molecule has 174 valence electrons. The van der Waals surface area contributed by atoms with Crippen molar-refractivity contribution in [2.45, 2.75) is 13.5 Å². The minimum absolute atomic E-state index is 0.108. The summed E-state index contributed by atoms with van der Waals surface area (Å²) in [5, 5.41) is 6.98. The van der Waals surface area contributed by atoms with Gasteiger partial charge < -0.3 is 24.2 Å². The molecule has 1 aromatic heterocycles. The third kappa shape index (κ3) is 6.30. The molecule has 1 aliphatic heterocycles. The third-order valence-corrected chi connectivity index (χ3v) is 5.24. The molecule has 1 fully saturated rings. The second kappa shape index (κ2) is 10.9. The average Bonchev–Trinajstić information content (AvgIpc) is 3.29. The Morgan fingerprint density at radius 1 is 1.12 bits per heavy atom. The van der Waals surface area contributed by atoms with E-state index in [0.717, 1.165) is 49.0 Å². The maximum atomic E-state index is 12.5. The van der Waals surface area contributed by atoms with E-state index in [0.29, 0.717) is 24.9 Å². The number of carbonyl (C=O) groups excluding carboxylic acids is 1. The maximum absolute atomic E-state index is 12.5. The smallest absolute Gasteiger partial charge is 0.241 e. The first-order valence-electron chi connectivity index (χ1n) is 11.1. The summed E-state index contributed by atoms with van der Waals surface area (Å²) in [6.07, 6.45) is 0. The van der Waals surface area contributed by atoms with E-state index < -0.39 is 0 Å². The Morgan fingerprint density at radius 2 is 1.85 bits per heavy atom. The largest absolute Gasteiger partial charge is 0.494 e. The summed E-state index contributed by atoms with van der Waals surface area (Å²) in [6.45, 7) is 6.38. The fourth-order valence-electron chi connectivity index (χ4n) is 3.61. The van der Waals surface area contributed by atoms with Crippen LogP contribution in [0.2, 0.25) is 0 Å². The molecule has 9 nitrogen and oxygen atoms in total. The van der Waals surface area contributed by atoms with Crippen LogP contribution in [0, 0.1) is 0 Å². The van der Waals surface area contributed by atoms with Gasteiger partial charge in [-0.05, 0) is 62.5 Å². The molecule has 0 spiro atoms. The lowest BCUT2D eigenvalue weighted by Gasteiger charge is -2.28. The first-order chi connectivity index (χ1) is 16.1. The Labute approximate surface area is 193 Å². The zero-order valence-corrected chi connectivity index (χ0v) is 19.0. The van der Waals surface area contributed by atoms with E-state index in [1.54, 1.807) is 0 Å². The van der Waals surface area contributed by atoms with Crippen LogP contribution in [0.15, 0.2) is 53.1 Å². The molecule has 0 aliphatic carbocycles. The maximum Gasteiger partial charge on any atom is 0.241 e. The molecule has 0 radical (unpaired) electrons. The van der Waals surface area contributed by atoms with E-state index in [1.165, 1.54) is 0 Å². The molecule has 2 heterocycles. The Hall–Kier alpha value is -3.43. The quantitative estimate of drug-likeness (QED) is 0.531. The number of nitrogens with zero attached hydrogens (tertiary/aromatic N) is 4. The van der Waals surface area contributed by atoms with Gasteiger partial charge in [0.1, 0.15) is 5.75 Å². The minimum atomic E-state index is -0.108. The molecule has 9 heteroatoms. The Morgan fingerprint density at radius 3 is 2.55 bits per heavy atom. The molecule has 0 atom stereocenters. The van der Waals surface area contributed by atoms with Crippen LogP contribution in [-0.4, -0.2) is 67.5 Å². The lowest BCUT2D eigenvalue weighted by molar-refractivity contribution is -0.117. The number of hydrogen-bond acceptors (Lipinski definition) is 8. The average molecular weight is 452 g/mol. The van der Waals surface area contributed by atoms with Crippen molar-refractivity contribution in [3.8, 4) is 17.1 Å². The van der Waals surface area contributed by atoms with Gasteiger partial charge in [0.15, 0.2) is 0 Å². The number of aromatic nitrogens is 2. The molecule has 1 saturated heterocycles. The zero-order valence-electron chi connectivity index (χ0n) is 19.0. The molecule has 0 bridgehead atoms. The summed E-state index contributed by atoms with van der Waals surface area (Å²) in [5.41, 5.74) is 2.74. The highest BCUT2D eigenvalue weighted by molar-refractivity contribution is 5.92. The van der Waals surface area contributed by atoms with Crippen LogP contribution in [0.25, 0.3) is 11.4 Å². The van der Waals surface area contributed by atoms with Crippen molar-refractivity contribution in [2.75, 3.05) is 56.7 Å². The number of nitrogens with one attached hydrogen (secondary N) is 1. The monoisotopic (exact) mass is 451 g/mol. The summed E-state index contributed by atoms with van der Waals surface area (Å²) < 4.78 is 16.2. The van der Waals surface area contributed by atoms with Crippen molar-refractivity contribution < 1.29 is 18.8 Å². The van der Waals surface area contributed by atoms with E-state index in [2.05, 4.69) is 20.4 Å². The number of hydrogen-bond donors (Lipinski definition) is 1. The van der Waals surface area contributed by atoms with Crippen molar-refractivity contribution in [1.82, 2.24) is 15.0 Å². The highest BCUT2D eigenvalue weighted by atomic mass is 16.5. The van der Waals surface area contributed by atoms with Gasteiger partial charge in [-0.1, -0.05) is 5.16 Å². The van der Waals surface area contributed by atoms with Crippen LogP contribution in [0.5, 0.6) is 5.75 Å². The molecule has 1 aliphatic rings. The fraction of sp³-hybridized carbons (Fsp3) is 0.375. The molecule has 1 amide bonds. The molecule has 0 unspecified atom stereocenters. The predicted molar refractivity (Wildman–Crippen MR) is 125 cm³/mol. The Balaban J connectivity index is 1.26. The lowest BCUT2D eigenvalue weighted by atomic mass is 10.2. The first-order valence-corrected chi connectivity index (χ1v) is 11.1. The van der Waals surface area contributed by atoms with Crippen LogP contribution in [0.4, 0.5) is 11.4 Å². The number of likely N-dealkylation sites (N-methyl/N-ethyl adjacent to an activating group) is 1. The van der Waals surface area contributed by atoms with Gasteiger partial charge in [0, 0.05) is 30.0 Å². The van der Waals surface area contributed by atoms with Gasteiger partial charge in [-0.15, -0.1) is 0 Å². The summed E-state index contributed by atoms with van der Waals surface area (Å²) in [6, 6.07) is 15.4. The van der Waals surface area contributed by atoms with Crippen LogP contribution in [-0.2, 0) is 16.1 Å². The van der Waals surface area contributed by atoms with Crippen molar-refractivity contribution >= 4 is 17.3 Å². The standard InChI is InChI=1S/C24H29N5O4/c1-3-32-21-10-4-18(5-11-21)24-26-23(33-27-24)17-28(2)16-22(30)25-19-6-8-20(9-7-19)29-12-14-31-15-13-29/h4-11H,3,12-17H2,1-2H3,(H,25,30). The highest BCUT2D eigenvalue weighted by Crippen LogP contribution is 2.21. The van der Waals surface area contributed by atoms with Gasteiger partial charge in [-0.25, -0.2) is 0 Å². The van der Waals surface area contributed by atoms with Gasteiger partial charge in [-0.3, -0.25) is 9.69 Å². The molecule has 0 saturated carbocycles. The van der Waals surface area contributed by atoms with Crippen molar-refractivity contribution in [3.63, 3.8) is 0 Å². The predicted octanol–water partition coefficient (Wildman–Crippen LogP) is 3.04. The van der Waals surface area contributed by atoms with Gasteiger partial charge in [0.25, 0.3) is 0 Å². The number of rotatable bonds is 9. The summed E-state index contributed by atoms with van der Waals surface area (Å²) >= 11 is 0. The van der Waals surface area contributed by atoms with Gasteiger partial charge in [-0.2, -0.15) is 4.98 Å². The van der Waals surface area contributed by atoms with Gasteiger partial charge >= 0.3 is 0 Å². The summed E-state index contributed by atoms with van der Waals surface area (Å²) in [7, 11) is 1.84. The van der Waals surface area contributed by atoms with Crippen LogP contribution >= 0.6 is 0 Å². The topological polar surface area (TPSA) is 93.0 Å². The molecular weight excluding hydrogens is 422 g/mol. The van der Waals surface area contributed by atoms with Crippen LogP contribution in [0.3, 0.4) is 0 Å². The Bertz CT molecular complexity index is 1030. The van der Waals surface area contributed by atoms with Crippen molar-refractivity contribution in [1.29, 1.82) is 0 Å². The number of amides is 1. The molecule has 2 aromatic carbocycles. The van der Waals surface area contributed by atoms with E-state index in [-0.39, 0.29) is 12.5 Å². The third-order valence-electron chi connectivity index (χ3n) is 5.24. The van der Waals surface area contributed by atoms with E-state index in [9.17, 15) is 4.79 Å². The van der Waals surface area contributed by atoms with Crippen molar-refractivity contribution in [2.24, 2.45) is 0 Å². The Kier molecular flexibility index (Phi) is 7.54. The molecule has 1 N–H and O–H groups in total. The van der Waals surface area contributed by atoms with Crippen LogP contribution in [0.1, 0.15) is 12.8 Å². The summed E-state index contributed by atoms with van der Waals surface area (Å²) in [4.78, 5) is 21.0. The van der Waals surface area contributed by atoms with E-state index >= 15 is 0 Å². The highest BCUT2D eigenvalue weighted by Gasteiger charge is 2.14. The molecule has 4 rings (SSSR count).